The molecule has 7 rings (SSSR count). The first-order valence-electron chi connectivity index (χ1n) is 9.92. The topological polar surface area (TPSA) is 85.6 Å². The molecule has 0 N–H and O–H groups in total. The fourth-order valence-electron chi connectivity index (χ4n) is 5.62. The summed E-state index contributed by atoms with van der Waals surface area (Å²) in [5, 5.41) is 11.2. The van der Waals surface area contributed by atoms with Gasteiger partial charge in [-0.3, -0.25) is 9.69 Å². The fraction of sp³-hybridized carbons (Fsp3) is 0.579. The van der Waals surface area contributed by atoms with Crippen LogP contribution >= 0.6 is 0 Å². The highest BCUT2D eigenvalue weighted by atomic mass is 16.7. The summed E-state index contributed by atoms with van der Waals surface area (Å²) >= 11 is 0. The number of hydrogen-bond acceptors (Lipinski definition) is 7. The Labute approximate surface area is 162 Å². The van der Waals surface area contributed by atoms with Crippen LogP contribution in [0.4, 0.5) is 0 Å². The second-order valence-electron chi connectivity index (χ2n) is 8.13. The van der Waals surface area contributed by atoms with Gasteiger partial charge in [-0.05, 0) is 60.0 Å². The molecule has 0 saturated carbocycles. The zero-order chi connectivity index (χ0) is 18.7. The Balaban J connectivity index is 1.34. The number of fused-ring (bicyclic) bond motifs is 3. The van der Waals surface area contributed by atoms with E-state index in [0.717, 1.165) is 31.1 Å². The quantitative estimate of drug-likeness (QED) is 0.764. The van der Waals surface area contributed by atoms with Crippen molar-refractivity contribution >= 4 is 5.91 Å². The van der Waals surface area contributed by atoms with Gasteiger partial charge < -0.3 is 14.4 Å². The molecule has 2 bridgehead atoms. The molecule has 28 heavy (non-hydrogen) atoms. The summed E-state index contributed by atoms with van der Waals surface area (Å²) in [6.07, 6.45) is 3.84. The number of likely N-dealkylation sites (tertiary alicyclic amines) is 1. The maximum Gasteiger partial charge on any atom is 0.244 e. The Kier molecular flexibility index (Phi) is 3.59. The molecule has 0 spiro atoms. The standard InChI is InChI=1S/C19H22N6O3/c26-17(9-24-10-20-21-22-24)25-8-14(13-1-2-15-16(7-13)28-11-27-15)19-18(25)12-3-5-23(19)6-4-12/h1-2,7,10,12,14,18-19H,3-6,8-9,11H2/t14-,18+,19+/m1/s1. The predicted octanol–water partition coefficient (Wildman–Crippen LogP) is 0.491. The third-order valence-electron chi connectivity index (χ3n) is 6.83. The Morgan fingerprint density at radius 1 is 1.14 bits per heavy atom. The molecule has 1 aromatic heterocycles. The lowest BCUT2D eigenvalue weighted by molar-refractivity contribution is -0.136. The van der Waals surface area contributed by atoms with Crippen LogP contribution in [0.3, 0.4) is 0 Å². The van der Waals surface area contributed by atoms with E-state index < -0.39 is 0 Å². The molecule has 0 unspecified atom stereocenters. The number of amides is 1. The van der Waals surface area contributed by atoms with E-state index in [1.807, 2.05) is 6.07 Å². The lowest BCUT2D eigenvalue weighted by Gasteiger charge is -2.51. The molecule has 5 aliphatic heterocycles. The number of piperidine rings is 3. The highest BCUT2D eigenvalue weighted by Crippen LogP contribution is 2.47. The molecule has 146 valence electrons. The average Bonchev–Trinajstić information content (AvgIpc) is 3.47. The summed E-state index contributed by atoms with van der Waals surface area (Å²) in [4.78, 5) is 17.8. The Morgan fingerprint density at radius 2 is 2.00 bits per heavy atom. The van der Waals surface area contributed by atoms with E-state index in [4.69, 9.17) is 9.47 Å². The third-order valence-corrected chi connectivity index (χ3v) is 6.83. The van der Waals surface area contributed by atoms with E-state index >= 15 is 0 Å². The van der Waals surface area contributed by atoms with Crippen molar-refractivity contribution in [2.75, 3.05) is 26.4 Å². The van der Waals surface area contributed by atoms with Gasteiger partial charge in [0, 0.05) is 18.5 Å². The Hall–Kier alpha value is -2.68. The second-order valence-corrected chi connectivity index (χ2v) is 8.13. The zero-order valence-corrected chi connectivity index (χ0v) is 15.5. The minimum Gasteiger partial charge on any atom is -0.454 e. The number of carbonyl (C=O) groups is 1. The number of carbonyl (C=O) groups excluding carboxylic acids is 1. The van der Waals surface area contributed by atoms with E-state index in [1.165, 1.54) is 29.4 Å². The number of nitrogens with zero attached hydrogens (tertiary/aromatic N) is 6. The van der Waals surface area contributed by atoms with Crippen LogP contribution in [0.2, 0.25) is 0 Å². The second kappa shape index (κ2) is 6.16. The van der Waals surface area contributed by atoms with Crippen molar-refractivity contribution in [1.29, 1.82) is 0 Å². The van der Waals surface area contributed by atoms with Crippen molar-refractivity contribution in [1.82, 2.24) is 30.0 Å². The van der Waals surface area contributed by atoms with Crippen LogP contribution < -0.4 is 9.47 Å². The van der Waals surface area contributed by atoms with Gasteiger partial charge in [0.1, 0.15) is 12.9 Å². The van der Waals surface area contributed by atoms with Crippen LogP contribution in [0.5, 0.6) is 11.5 Å². The minimum atomic E-state index is 0.0966. The van der Waals surface area contributed by atoms with Crippen LogP contribution in [-0.4, -0.2) is 74.4 Å². The molecule has 4 fully saturated rings. The van der Waals surface area contributed by atoms with Gasteiger partial charge in [-0.2, -0.15) is 0 Å². The van der Waals surface area contributed by atoms with Crippen molar-refractivity contribution in [3.63, 3.8) is 0 Å². The number of aromatic nitrogens is 4. The molecule has 6 heterocycles. The van der Waals surface area contributed by atoms with Crippen molar-refractivity contribution in [3.05, 3.63) is 30.1 Å². The number of rotatable bonds is 3. The maximum absolute atomic E-state index is 13.2. The van der Waals surface area contributed by atoms with E-state index in [1.54, 1.807) is 0 Å². The largest absolute Gasteiger partial charge is 0.454 e. The van der Waals surface area contributed by atoms with Gasteiger partial charge in [-0.1, -0.05) is 6.07 Å². The van der Waals surface area contributed by atoms with Gasteiger partial charge in [-0.15, -0.1) is 5.10 Å². The normalized spacial score (nSPS) is 32.6. The Morgan fingerprint density at radius 3 is 2.82 bits per heavy atom. The minimum absolute atomic E-state index is 0.0966. The van der Waals surface area contributed by atoms with Crippen LogP contribution in [0.1, 0.15) is 24.3 Å². The smallest absolute Gasteiger partial charge is 0.244 e. The lowest BCUT2D eigenvalue weighted by Crippen LogP contribution is -2.61. The molecule has 5 aliphatic rings. The molecule has 9 heteroatoms. The highest BCUT2D eigenvalue weighted by Gasteiger charge is 2.54. The number of hydrogen-bond donors (Lipinski definition) is 0. The van der Waals surface area contributed by atoms with Crippen molar-refractivity contribution < 1.29 is 14.3 Å². The molecule has 0 radical (unpaired) electrons. The van der Waals surface area contributed by atoms with Gasteiger partial charge in [0.15, 0.2) is 11.5 Å². The molecule has 1 amide bonds. The molecular weight excluding hydrogens is 360 g/mol. The number of ether oxygens (including phenoxy) is 2. The molecule has 1 aromatic carbocycles. The zero-order valence-electron chi connectivity index (χ0n) is 15.5. The average molecular weight is 382 g/mol. The van der Waals surface area contributed by atoms with Gasteiger partial charge in [-0.25, -0.2) is 4.68 Å². The first-order valence-corrected chi connectivity index (χ1v) is 9.92. The number of benzene rings is 1. The van der Waals surface area contributed by atoms with Crippen molar-refractivity contribution in [3.8, 4) is 11.5 Å². The van der Waals surface area contributed by atoms with E-state index in [2.05, 4.69) is 37.5 Å². The van der Waals surface area contributed by atoms with Gasteiger partial charge in [0.25, 0.3) is 0 Å². The summed E-state index contributed by atoms with van der Waals surface area (Å²) in [5.74, 6) is 2.56. The first kappa shape index (κ1) is 16.3. The molecule has 0 aliphatic carbocycles. The monoisotopic (exact) mass is 382 g/mol. The fourth-order valence-corrected chi connectivity index (χ4v) is 5.62. The Bertz CT molecular complexity index is 895. The van der Waals surface area contributed by atoms with E-state index in [0.29, 0.717) is 12.0 Å². The summed E-state index contributed by atoms with van der Waals surface area (Å²) in [5.41, 5.74) is 1.23. The van der Waals surface area contributed by atoms with Crippen molar-refractivity contribution in [2.24, 2.45) is 5.92 Å². The van der Waals surface area contributed by atoms with E-state index in [9.17, 15) is 4.79 Å². The molecule has 3 atom stereocenters. The SMILES string of the molecule is O=C(Cn1cnnn1)N1C[C@H](c2ccc3c(c2)OCO3)[C@H]2[C@@H]1C1CCN2CC1. The summed E-state index contributed by atoms with van der Waals surface area (Å²) in [6, 6.07) is 6.86. The summed E-state index contributed by atoms with van der Waals surface area (Å²) < 4.78 is 12.6. The third kappa shape index (κ3) is 2.42. The first-order chi connectivity index (χ1) is 13.8. The molecular formula is C19H22N6O3. The summed E-state index contributed by atoms with van der Waals surface area (Å²) in [6.45, 7) is 3.45. The maximum atomic E-state index is 13.2. The van der Waals surface area contributed by atoms with E-state index in [-0.39, 0.29) is 31.2 Å². The van der Waals surface area contributed by atoms with Gasteiger partial charge in [0.2, 0.25) is 12.7 Å². The van der Waals surface area contributed by atoms with Crippen LogP contribution in [0.25, 0.3) is 0 Å². The molecule has 4 saturated heterocycles. The van der Waals surface area contributed by atoms with Gasteiger partial charge in [0.05, 0.1) is 6.04 Å². The number of tetrazole rings is 1. The predicted molar refractivity (Wildman–Crippen MR) is 96.7 cm³/mol. The molecule has 2 aromatic rings. The van der Waals surface area contributed by atoms with Crippen molar-refractivity contribution in [2.45, 2.75) is 37.4 Å². The van der Waals surface area contributed by atoms with Gasteiger partial charge >= 0.3 is 0 Å². The van der Waals surface area contributed by atoms with Crippen LogP contribution in [-0.2, 0) is 11.3 Å². The lowest BCUT2D eigenvalue weighted by atomic mass is 9.75. The van der Waals surface area contributed by atoms with Crippen LogP contribution in [0.15, 0.2) is 24.5 Å². The molecule has 9 nitrogen and oxygen atoms in total. The summed E-state index contributed by atoms with van der Waals surface area (Å²) in [7, 11) is 0. The van der Waals surface area contributed by atoms with Crippen LogP contribution in [0, 0.1) is 5.92 Å². The highest BCUT2D eigenvalue weighted by molar-refractivity contribution is 5.77.